The van der Waals surface area contributed by atoms with E-state index in [4.69, 9.17) is 0 Å². The van der Waals surface area contributed by atoms with E-state index >= 15 is 0 Å². The summed E-state index contributed by atoms with van der Waals surface area (Å²) >= 11 is 3.86. The Bertz CT molecular complexity index is 548. The number of hydrogen-bond donors (Lipinski definition) is 1. The van der Waals surface area contributed by atoms with Gasteiger partial charge in [0, 0.05) is 34.0 Å². The highest BCUT2D eigenvalue weighted by Crippen LogP contribution is 2.39. The van der Waals surface area contributed by atoms with Crippen LogP contribution in [0.3, 0.4) is 0 Å². The topological polar surface area (TPSA) is 12.0 Å². The van der Waals surface area contributed by atoms with Crippen molar-refractivity contribution in [3.05, 3.63) is 52.2 Å². The lowest BCUT2D eigenvalue weighted by molar-refractivity contribution is 0.409. The molecule has 2 unspecified atom stereocenters. The first-order valence-electron chi connectivity index (χ1n) is 7.24. The summed E-state index contributed by atoms with van der Waals surface area (Å²) in [5.74, 6) is 2.48. The zero-order valence-electron chi connectivity index (χ0n) is 12.0. The van der Waals surface area contributed by atoms with Gasteiger partial charge in [0.2, 0.25) is 0 Å². The minimum atomic E-state index is 0.479. The molecule has 0 saturated heterocycles. The molecule has 3 heteroatoms. The molecule has 1 aromatic heterocycles. The predicted molar refractivity (Wildman–Crippen MR) is 89.8 cm³/mol. The van der Waals surface area contributed by atoms with Gasteiger partial charge in [0.1, 0.15) is 0 Å². The van der Waals surface area contributed by atoms with Crippen molar-refractivity contribution in [2.75, 3.05) is 12.3 Å². The third-order valence-electron chi connectivity index (χ3n) is 3.90. The quantitative estimate of drug-likeness (QED) is 0.841. The Kier molecular flexibility index (Phi) is 4.49. The summed E-state index contributed by atoms with van der Waals surface area (Å²) in [5.41, 5.74) is 1.53. The van der Waals surface area contributed by atoms with Crippen LogP contribution in [0, 0.1) is 5.92 Å². The van der Waals surface area contributed by atoms with Crippen molar-refractivity contribution >= 4 is 23.1 Å². The molecule has 2 heterocycles. The third kappa shape index (κ3) is 2.95. The lowest BCUT2D eigenvalue weighted by Crippen LogP contribution is -2.29. The molecule has 0 aliphatic carbocycles. The molecular weight excluding hydrogens is 282 g/mol. The average molecular weight is 303 g/mol. The molecule has 1 aliphatic rings. The highest BCUT2D eigenvalue weighted by Gasteiger charge is 2.24. The van der Waals surface area contributed by atoms with Crippen LogP contribution in [0.25, 0.3) is 0 Å². The molecule has 0 fully saturated rings. The minimum Gasteiger partial charge on any atom is -0.308 e. The smallest absolute Gasteiger partial charge is 0.0438 e. The number of nitrogens with one attached hydrogen (secondary N) is 1. The lowest BCUT2D eigenvalue weighted by Gasteiger charge is -2.23. The highest BCUT2D eigenvalue weighted by atomic mass is 32.2. The molecule has 20 heavy (non-hydrogen) atoms. The van der Waals surface area contributed by atoms with Gasteiger partial charge in [-0.2, -0.15) is 0 Å². The average Bonchev–Trinajstić information content (AvgIpc) is 3.09. The van der Waals surface area contributed by atoms with E-state index in [9.17, 15) is 0 Å². The maximum absolute atomic E-state index is 3.80. The van der Waals surface area contributed by atoms with Gasteiger partial charge in [-0.3, -0.25) is 0 Å². The fourth-order valence-corrected chi connectivity index (χ4v) is 5.03. The second-order valence-electron chi connectivity index (χ2n) is 5.69. The molecule has 0 spiro atoms. The Labute approximate surface area is 129 Å². The molecule has 1 N–H and O–H groups in total. The summed E-state index contributed by atoms with van der Waals surface area (Å²) in [6, 6.07) is 13.7. The van der Waals surface area contributed by atoms with Crippen LogP contribution >= 0.6 is 23.1 Å². The van der Waals surface area contributed by atoms with Gasteiger partial charge in [-0.25, -0.2) is 0 Å². The number of thiophene rings is 1. The fourth-order valence-electron chi connectivity index (χ4n) is 2.80. The molecule has 106 valence electrons. The first-order chi connectivity index (χ1) is 9.75. The lowest BCUT2D eigenvalue weighted by atomic mass is 9.98. The number of thioether (sulfide) groups is 1. The van der Waals surface area contributed by atoms with E-state index in [0.717, 1.165) is 6.54 Å². The van der Waals surface area contributed by atoms with E-state index in [1.165, 1.54) is 21.1 Å². The van der Waals surface area contributed by atoms with Crippen LogP contribution in [0.1, 0.15) is 36.2 Å². The second-order valence-corrected chi connectivity index (χ2v) is 7.73. The molecular formula is C17H21NS2. The van der Waals surface area contributed by atoms with E-state index in [0.29, 0.717) is 17.9 Å². The molecule has 0 amide bonds. The summed E-state index contributed by atoms with van der Waals surface area (Å²) in [5, 5.41) is 5.98. The van der Waals surface area contributed by atoms with E-state index in [-0.39, 0.29) is 0 Å². The number of benzene rings is 1. The van der Waals surface area contributed by atoms with Crippen molar-refractivity contribution in [2.45, 2.75) is 30.7 Å². The van der Waals surface area contributed by atoms with Crippen LogP contribution in [-0.4, -0.2) is 12.3 Å². The van der Waals surface area contributed by atoms with Gasteiger partial charge in [0.25, 0.3) is 0 Å². The normalized spacial score (nSPS) is 19.2. The molecule has 0 radical (unpaired) electrons. The number of hydrogen-bond acceptors (Lipinski definition) is 3. The Balaban J connectivity index is 1.67. The Morgan fingerprint density at radius 3 is 2.80 bits per heavy atom. The van der Waals surface area contributed by atoms with Crippen LogP contribution in [0.4, 0.5) is 0 Å². The molecule has 1 nitrogen and oxygen atoms in total. The Morgan fingerprint density at radius 1 is 1.20 bits per heavy atom. The summed E-state index contributed by atoms with van der Waals surface area (Å²) in [6.07, 6.45) is 0. The summed E-state index contributed by atoms with van der Waals surface area (Å²) in [7, 11) is 0. The maximum Gasteiger partial charge on any atom is 0.0438 e. The SMILES string of the molecule is CC(C)C(NCC1CSc2ccccc21)c1cccs1. The number of rotatable bonds is 5. The molecule has 0 saturated carbocycles. The van der Waals surface area contributed by atoms with Crippen LogP contribution in [0.15, 0.2) is 46.7 Å². The van der Waals surface area contributed by atoms with Gasteiger partial charge >= 0.3 is 0 Å². The second kappa shape index (κ2) is 6.33. The first-order valence-corrected chi connectivity index (χ1v) is 9.10. The predicted octanol–water partition coefficient (Wildman–Crippen LogP) is 4.92. The maximum atomic E-state index is 3.80. The van der Waals surface area contributed by atoms with Gasteiger partial charge in [-0.1, -0.05) is 38.1 Å². The molecule has 1 aromatic carbocycles. The minimum absolute atomic E-state index is 0.479. The van der Waals surface area contributed by atoms with E-state index in [1.54, 1.807) is 0 Å². The van der Waals surface area contributed by atoms with Crippen LogP contribution < -0.4 is 5.32 Å². The molecule has 2 atom stereocenters. The number of fused-ring (bicyclic) bond motifs is 1. The fraction of sp³-hybridized carbons (Fsp3) is 0.412. The van der Waals surface area contributed by atoms with Crippen molar-refractivity contribution in [1.29, 1.82) is 0 Å². The van der Waals surface area contributed by atoms with Gasteiger partial charge in [0.05, 0.1) is 0 Å². The monoisotopic (exact) mass is 303 g/mol. The van der Waals surface area contributed by atoms with Gasteiger partial charge < -0.3 is 5.32 Å². The van der Waals surface area contributed by atoms with Gasteiger partial charge in [-0.15, -0.1) is 23.1 Å². The highest BCUT2D eigenvalue weighted by molar-refractivity contribution is 7.99. The van der Waals surface area contributed by atoms with Crippen molar-refractivity contribution in [1.82, 2.24) is 5.32 Å². The third-order valence-corrected chi connectivity index (χ3v) is 6.11. The summed E-state index contributed by atoms with van der Waals surface area (Å²) in [4.78, 5) is 2.93. The first kappa shape index (κ1) is 14.2. The van der Waals surface area contributed by atoms with Gasteiger partial charge in [-0.05, 0) is 29.0 Å². The van der Waals surface area contributed by atoms with Crippen molar-refractivity contribution in [3.8, 4) is 0 Å². The van der Waals surface area contributed by atoms with Crippen molar-refractivity contribution < 1.29 is 0 Å². The van der Waals surface area contributed by atoms with Crippen LogP contribution in [0.2, 0.25) is 0 Å². The van der Waals surface area contributed by atoms with Crippen LogP contribution in [-0.2, 0) is 0 Å². The standard InChI is InChI=1S/C17H21NS2/c1-12(2)17(16-8-5-9-19-16)18-10-13-11-20-15-7-4-3-6-14(13)15/h3-9,12-13,17-18H,10-11H2,1-2H3. The molecule has 3 rings (SSSR count). The van der Waals surface area contributed by atoms with Gasteiger partial charge in [0.15, 0.2) is 0 Å². The Morgan fingerprint density at radius 2 is 2.05 bits per heavy atom. The molecule has 2 aromatic rings. The Hall–Kier alpha value is -0.770. The zero-order chi connectivity index (χ0) is 13.9. The van der Waals surface area contributed by atoms with E-state index in [1.807, 2.05) is 23.1 Å². The van der Waals surface area contributed by atoms with E-state index in [2.05, 4.69) is 60.9 Å². The van der Waals surface area contributed by atoms with E-state index < -0.39 is 0 Å². The van der Waals surface area contributed by atoms with Crippen molar-refractivity contribution in [3.63, 3.8) is 0 Å². The zero-order valence-corrected chi connectivity index (χ0v) is 13.6. The summed E-state index contributed by atoms with van der Waals surface area (Å²) < 4.78 is 0. The largest absolute Gasteiger partial charge is 0.308 e. The van der Waals surface area contributed by atoms with Crippen molar-refractivity contribution in [2.24, 2.45) is 5.92 Å². The van der Waals surface area contributed by atoms with Crippen LogP contribution in [0.5, 0.6) is 0 Å². The molecule has 1 aliphatic heterocycles. The summed E-state index contributed by atoms with van der Waals surface area (Å²) in [6.45, 7) is 5.67. The molecule has 0 bridgehead atoms.